The fourth-order valence-electron chi connectivity index (χ4n) is 4.75. The number of aromatic nitrogens is 3. The molecule has 1 atom stereocenters. The Morgan fingerprint density at radius 3 is 2.74 bits per heavy atom. The first-order valence-corrected chi connectivity index (χ1v) is 10.5. The first-order chi connectivity index (χ1) is 15.0. The SMILES string of the molecule is O=C(N1CCC[C@H]1c1cccc(F)c1)C1(O)CCN(c2ccnc3c(F)cnn23)CC1. The van der Waals surface area contributed by atoms with E-state index < -0.39 is 11.4 Å². The lowest BCUT2D eigenvalue weighted by Gasteiger charge is -2.41. The van der Waals surface area contributed by atoms with Crippen LogP contribution in [0.3, 0.4) is 0 Å². The number of anilines is 1. The van der Waals surface area contributed by atoms with Crippen molar-refractivity contribution in [3.63, 3.8) is 0 Å². The number of rotatable bonds is 3. The summed E-state index contributed by atoms with van der Waals surface area (Å²) in [5.41, 5.74) is -0.579. The lowest BCUT2D eigenvalue weighted by Crippen LogP contribution is -2.55. The Balaban J connectivity index is 1.33. The average Bonchev–Trinajstić information content (AvgIpc) is 3.41. The molecule has 1 amide bonds. The zero-order valence-electron chi connectivity index (χ0n) is 16.9. The third kappa shape index (κ3) is 3.42. The molecule has 2 fully saturated rings. The van der Waals surface area contributed by atoms with Crippen LogP contribution in [0.2, 0.25) is 0 Å². The zero-order chi connectivity index (χ0) is 21.6. The molecular weight excluding hydrogens is 404 g/mol. The van der Waals surface area contributed by atoms with Gasteiger partial charge in [-0.15, -0.1) is 0 Å². The van der Waals surface area contributed by atoms with Crippen LogP contribution in [0.15, 0.2) is 42.7 Å². The first-order valence-electron chi connectivity index (χ1n) is 10.5. The van der Waals surface area contributed by atoms with E-state index in [9.17, 15) is 18.7 Å². The molecule has 9 heteroatoms. The van der Waals surface area contributed by atoms with Crippen molar-refractivity contribution in [2.24, 2.45) is 0 Å². The summed E-state index contributed by atoms with van der Waals surface area (Å²) < 4.78 is 29.0. The van der Waals surface area contributed by atoms with Gasteiger partial charge in [-0.3, -0.25) is 4.79 Å². The van der Waals surface area contributed by atoms with Crippen molar-refractivity contribution in [2.45, 2.75) is 37.3 Å². The second kappa shape index (κ2) is 7.56. The largest absolute Gasteiger partial charge is 0.380 e. The number of benzene rings is 1. The van der Waals surface area contributed by atoms with Crippen molar-refractivity contribution in [1.29, 1.82) is 0 Å². The minimum atomic E-state index is -1.48. The predicted molar refractivity (Wildman–Crippen MR) is 109 cm³/mol. The topological polar surface area (TPSA) is 74.0 Å². The summed E-state index contributed by atoms with van der Waals surface area (Å²) in [6, 6.07) is 7.83. The summed E-state index contributed by atoms with van der Waals surface area (Å²) >= 11 is 0. The monoisotopic (exact) mass is 427 g/mol. The third-order valence-electron chi connectivity index (χ3n) is 6.40. The fraction of sp³-hybridized carbons (Fsp3) is 0.409. The number of hydrogen-bond donors (Lipinski definition) is 1. The number of aliphatic hydroxyl groups is 1. The number of carbonyl (C=O) groups is 1. The van der Waals surface area contributed by atoms with Crippen molar-refractivity contribution < 1.29 is 18.7 Å². The molecule has 2 aliphatic heterocycles. The van der Waals surface area contributed by atoms with Gasteiger partial charge in [-0.2, -0.15) is 9.61 Å². The Hall–Kier alpha value is -3.07. The Kier molecular flexibility index (Phi) is 4.85. The normalized spacial score (nSPS) is 21.1. The molecule has 4 heterocycles. The molecule has 0 saturated carbocycles. The van der Waals surface area contributed by atoms with Crippen LogP contribution in [0.1, 0.15) is 37.3 Å². The van der Waals surface area contributed by atoms with Crippen LogP contribution in [-0.2, 0) is 4.79 Å². The van der Waals surface area contributed by atoms with E-state index in [2.05, 4.69) is 10.1 Å². The number of piperidine rings is 1. The van der Waals surface area contributed by atoms with Crippen molar-refractivity contribution in [3.05, 3.63) is 59.9 Å². The van der Waals surface area contributed by atoms with E-state index in [0.29, 0.717) is 25.5 Å². The molecular formula is C22H23F2N5O2. The number of likely N-dealkylation sites (tertiary alicyclic amines) is 1. The summed E-state index contributed by atoms with van der Waals surface area (Å²) in [4.78, 5) is 21.0. The van der Waals surface area contributed by atoms with Crippen LogP contribution in [0.4, 0.5) is 14.6 Å². The second-order valence-electron chi connectivity index (χ2n) is 8.26. The maximum atomic E-state index is 13.8. The quantitative estimate of drug-likeness (QED) is 0.696. The molecule has 3 aromatic rings. The predicted octanol–water partition coefficient (Wildman–Crippen LogP) is 2.70. The number of amides is 1. The van der Waals surface area contributed by atoms with Gasteiger partial charge in [0, 0.05) is 38.7 Å². The van der Waals surface area contributed by atoms with E-state index in [1.165, 1.54) is 22.8 Å². The van der Waals surface area contributed by atoms with Crippen LogP contribution in [0.25, 0.3) is 5.65 Å². The molecule has 0 bridgehead atoms. The lowest BCUT2D eigenvalue weighted by atomic mass is 9.89. The van der Waals surface area contributed by atoms with Gasteiger partial charge in [0.1, 0.15) is 17.2 Å². The molecule has 162 valence electrons. The van der Waals surface area contributed by atoms with E-state index >= 15 is 0 Å². The van der Waals surface area contributed by atoms with Gasteiger partial charge < -0.3 is 14.9 Å². The van der Waals surface area contributed by atoms with E-state index in [1.807, 2.05) is 11.0 Å². The highest BCUT2D eigenvalue weighted by Crippen LogP contribution is 2.36. The average molecular weight is 427 g/mol. The van der Waals surface area contributed by atoms with Crippen LogP contribution in [0, 0.1) is 11.6 Å². The zero-order valence-corrected chi connectivity index (χ0v) is 16.9. The Bertz CT molecular complexity index is 1130. The summed E-state index contributed by atoms with van der Waals surface area (Å²) in [5, 5.41) is 15.3. The summed E-state index contributed by atoms with van der Waals surface area (Å²) in [6.07, 6.45) is 4.69. The van der Waals surface area contributed by atoms with Gasteiger partial charge in [0.2, 0.25) is 0 Å². The standard InChI is InChI=1S/C22H23F2N5O2/c23-16-4-1-3-15(13-16)18-5-2-10-28(18)21(30)22(31)7-11-27(12-8-22)19-6-9-25-20-17(24)14-26-29(19)20/h1,3-4,6,9,13-14,18,31H,2,5,7-8,10-12H2/t18-/m0/s1. The van der Waals surface area contributed by atoms with Crippen molar-refractivity contribution in [2.75, 3.05) is 24.5 Å². The van der Waals surface area contributed by atoms with Gasteiger partial charge in [-0.25, -0.2) is 13.8 Å². The van der Waals surface area contributed by atoms with Crippen molar-refractivity contribution >= 4 is 17.4 Å². The van der Waals surface area contributed by atoms with Crippen molar-refractivity contribution in [3.8, 4) is 0 Å². The number of carbonyl (C=O) groups excluding carboxylic acids is 1. The van der Waals surface area contributed by atoms with Crippen LogP contribution < -0.4 is 4.90 Å². The van der Waals surface area contributed by atoms with Gasteiger partial charge in [0.25, 0.3) is 5.91 Å². The maximum absolute atomic E-state index is 13.8. The molecule has 0 aliphatic carbocycles. The highest BCUT2D eigenvalue weighted by Gasteiger charge is 2.45. The molecule has 2 saturated heterocycles. The van der Waals surface area contributed by atoms with E-state index in [-0.39, 0.29) is 36.3 Å². The highest BCUT2D eigenvalue weighted by molar-refractivity contribution is 5.86. The van der Waals surface area contributed by atoms with Gasteiger partial charge >= 0.3 is 0 Å². The van der Waals surface area contributed by atoms with Gasteiger partial charge in [-0.05, 0) is 36.6 Å². The minimum Gasteiger partial charge on any atom is -0.380 e. The van der Waals surface area contributed by atoms with Gasteiger partial charge in [-0.1, -0.05) is 12.1 Å². The Labute approximate surface area is 177 Å². The van der Waals surface area contributed by atoms with Crippen LogP contribution >= 0.6 is 0 Å². The Morgan fingerprint density at radius 2 is 1.97 bits per heavy atom. The van der Waals surface area contributed by atoms with E-state index in [1.54, 1.807) is 17.0 Å². The number of fused-ring (bicyclic) bond motifs is 1. The van der Waals surface area contributed by atoms with Crippen LogP contribution in [0.5, 0.6) is 0 Å². The lowest BCUT2D eigenvalue weighted by molar-refractivity contribution is -0.154. The maximum Gasteiger partial charge on any atom is 0.255 e. The molecule has 2 aromatic heterocycles. The molecule has 5 rings (SSSR count). The number of halogens is 2. The molecule has 7 nitrogen and oxygen atoms in total. The molecule has 0 unspecified atom stereocenters. The second-order valence-corrected chi connectivity index (χ2v) is 8.26. The molecule has 0 radical (unpaired) electrons. The molecule has 2 aliphatic rings. The molecule has 0 spiro atoms. The summed E-state index contributed by atoms with van der Waals surface area (Å²) in [5.74, 6) is -0.461. The van der Waals surface area contributed by atoms with Crippen LogP contribution in [-0.4, -0.2) is 55.7 Å². The van der Waals surface area contributed by atoms with Gasteiger partial charge in [0.15, 0.2) is 11.5 Å². The molecule has 1 N–H and O–H groups in total. The fourth-order valence-corrected chi connectivity index (χ4v) is 4.75. The summed E-state index contributed by atoms with van der Waals surface area (Å²) in [6.45, 7) is 1.38. The first kappa shape index (κ1) is 19.9. The van der Waals surface area contributed by atoms with Gasteiger partial charge in [0.05, 0.1) is 12.2 Å². The third-order valence-corrected chi connectivity index (χ3v) is 6.40. The van der Waals surface area contributed by atoms with E-state index in [0.717, 1.165) is 24.6 Å². The molecule has 31 heavy (non-hydrogen) atoms. The van der Waals surface area contributed by atoms with Crippen molar-refractivity contribution in [1.82, 2.24) is 19.5 Å². The smallest absolute Gasteiger partial charge is 0.255 e. The number of hydrogen-bond acceptors (Lipinski definition) is 5. The number of nitrogens with zero attached hydrogens (tertiary/aromatic N) is 5. The van der Waals surface area contributed by atoms with E-state index in [4.69, 9.17) is 0 Å². The summed E-state index contributed by atoms with van der Waals surface area (Å²) in [7, 11) is 0. The highest BCUT2D eigenvalue weighted by atomic mass is 19.1. The minimum absolute atomic E-state index is 0.143. The molecule has 1 aromatic carbocycles. The Morgan fingerprint density at radius 1 is 1.16 bits per heavy atom.